The molecular formula is C12H13NO4S. The molecule has 0 saturated heterocycles. The second-order valence-electron chi connectivity index (χ2n) is 3.78. The molecule has 0 aliphatic heterocycles. The molecule has 0 saturated carbocycles. The van der Waals surface area contributed by atoms with Crippen LogP contribution in [0, 0.1) is 6.92 Å². The summed E-state index contributed by atoms with van der Waals surface area (Å²) in [5.74, 6) is 0.127. The molecule has 0 fully saturated rings. The molecule has 0 aromatic carbocycles. The van der Waals surface area contributed by atoms with Gasteiger partial charge < -0.3 is 14.4 Å². The van der Waals surface area contributed by atoms with E-state index in [9.17, 15) is 4.79 Å². The van der Waals surface area contributed by atoms with Crippen LogP contribution in [0.1, 0.15) is 32.9 Å². The third-order valence-corrected chi connectivity index (χ3v) is 3.59. The zero-order valence-corrected chi connectivity index (χ0v) is 10.9. The molecule has 2 aromatic rings. The third kappa shape index (κ3) is 2.70. The summed E-state index contributed by atoms with van der Waals surface area (Å²) in [6.45, 7) is 3.97. The van der Waals surface area contributed by atoms with Gasteiger partial charge in [-0.25, -0.2) is 4.79 Å². The fourth-order valence-electron chi connectivity index (χ4n) is 1.49. The average molecular weight is 267 g/mol. The number of hydrogen-bond donors (Lipinski definition) is 1. The monoisotopic (exact) mass is 267 g/mol. The summed E-state index contributed by atoms with van der Waals surface area (Å²) in [4.78, 5) is 12.3. The van der Waals surface area contributed by atoms with E-state index in [0.717, 1.165) is 11.3 Å². The Balaban J connectivity index is 2.12. The SMILES string of the molecule is CCc1cc(OCc2cc(C)on2)c(C(=O)O)s1. The number of carbonyl (C=O) groups is 1. The van der Waals surface area contributed by atoms with Crippen molar-refractivity contribution in [3.8, 4) is 5.75 Å². The van der Waals surface area contributed by atoms with E-state index in [1.54, 1.807) is 19.1 Å². The summed E-state index contributed by atoms with van der Waals surface area (Å²) in [6.07, 6.45) is 0.789. The Kier molecular flexibility index (Phi) is 3.66. The van der Waals surface area contributed by atoms with Crippen LogP contribution in [0.15, 0.2) is 16.7 Å². The van der Waals surface area contributed by atoms with Crippen molar-refractivity contribution in [2.24, 2.45) is 0 Å². The topological polar surface area (TPSA) is 72.6 Å². The van der Waals surface area contributed by atoms with Gasteiger partial charge in [0.25, 0.3) is 0 Å². The standard InChI is InChI=1S/C12H13NO4S/c1-3-9-5-10(11(18-9)12(14)15)16-6-8-4-7(2)17-13-8/h4-5H,3,6H2,1-2H3,(H,14,15). The molecule has 18 heavy (non-hydrogen) atoms. The molecule has 0 aliphatic carbocycles. The maximum Gasteiger partial charge on any atom is 0.349 e. The highest BCUT2D eigenvalue weighted by Gasteiger charge is 2.16. The first-order valence-electron chi connectivity index (χ1n) is 5.51. The molecule has 0 bridgehead atoms. The van der Waals surface area contributed by atoms with E-state index < -0.39 is 5.97 Å². The predicted octanol–water partition coefficient (Wildman–Crippen LogP) is 2.88. The largest absolute Gasteiger partial charge is 0.485 e. The average Bonchev–Trinajstić information content (AvgIpc) is 2.92. The van der Waals surface area contributed by atoms with E-state index in [-0.39, 0.29) is 11.5 Å². The van der Waals surface area contributed by atoms with Gasteiger partial charge in [-0.3, -0.25) is 0 Å². The maximum atomic E-state index is 11.1. The number of rotatable bonds is 5. The van der Waals surface area contributed by atoms with Crippen LogP contribution in [0.2, 0.25) is 0 Å². The minimum atomic E-state index is -0.967. The fraction of sp³-hybridized carbons (Fsp3) is 0.333. The molecule has 0 atom stereocenters. The molecule has 1 N–H and O–H groups in total. The van der Waals surface area contributed by atoms with E-state index in [4.69, 9.17) is 14.4 Å². The number of aromatic carboxylic acids is 1. The van der Waals surface area contributed by atoms with Gasteiger partial charge in [0.15, 0.2) is 4.88 Å². The lowest BCUT2D eigenvalue weighted by Crippen LogP contribution is -2.00. The van der Waals surface area contributed by atoms with Crippen LogP contribution in [-0.4, -0.2) is 16.2 Å². The van der Waals surface area contributed by atoms with E-state index >= 15 is 0 Å². The van der Waals surface area contributed by atoms with Gasteiger partial charge in [-0.2, -0.15) is 0 Å². The number of nitrogens with zero attached hydrogens (tertiary/aromatic N) is 1. The first-order chi connectivity index (χ1) is 8.60. The molecule has 2 rings (SSSR count). The van der Waals surface area contributed by atoms with Crippen molar-refractivity contribution in [2.75, 3.05) is 0 Å². The van der Waals surface area contributed by atoms with Gasteiger partial charge in [-0.1, -0.05) is 12.1 Å². The zero-order valence-electron chi connectivity index (χ0n) is 10.1. The van der Waals surface area contributed by atoms with Crippen molar-refractivity contribution in [3.63, 3.8) is 0 Å². The van der Waals surface area contributed by atoms with Gasteiger partial charge in [0.2, 0.25) is 0 Å². The molecule has 2 heterocycles. The zero-order chi connectivity index (χ0) is 13.1. The Morgan fingerprint density at radius 3 is 2.89 bits per heavy atom. The molecule has 0 spiro atoms. The van der Waals surface area contributed by atoms with Crippen molar-refractivity contribution in [1.29, 1.82) is 0 Å². The van der Waals surface area contributed by atoms with E-state index in [2.05, 4.69) is 5.16 Å². The van der Waals surface area contributed by atoms with Crippen molar-refractivity contribution < 1.29 is 19.2 Å². The second kappa shape index (κ2) is 5.22. The van der Waals surface area contributed by atoms with Crippen LogP contribution in [-0.2, 0) is 13.0 Å². The van der Waals surface area contributed by atoms with Gasteiger partial charge in [-0.15, -0.1) is 11.3 Å². The molecule has 0 unspecified atom stereocenters. The highest BCUT2D eigenvalue weighted by atomic mass is 32.1. The highest BCUT2D eigenvalue weighted by molar-refractivity contribution is 7.14. The quantitative estimate of drug-likeness (QED) is 0.901. The smallest absolute Gasteiger partial charge is 0.349 e. The summed E-state index contributed by atoms with van der Waals surface area (Å²) in [5.41, 5.74) is 0.646. The number of ether oxygens (including phenoxy) is 1. The highest BCUT2D eigenvalue weighted by Crippen LogP contribution is 2.30. The van der Waals surface area contributed by atoms with Gasteiger partial charge in [0, 0.05) is 10.9 Å². The Morgan fingerprint density at radius 1 is 1.56 bits per heavy atom. The van der Waals surface area contributed by atoms with Crippen LogP contribution >= 0.6 is 11.3 Å². The minimum absolute atomic E-state index is 0.206. The summed E-state index contributed by atoms with van der Waals surface area (Å²) in [6, 6.07) is 3.52. The molecule has 6 heteroatoms. The van der Waals surface area contributed by atoms with Crippen LogP contribution < -0.4 is 4.74 Å². The van der Waals surface area contributed by atoms with Crippen LogP contribution in [0.3, 0.4) is 0 Å². The van der Waals surface area contributed by atoms with Crippen molar-refractivity contribution >= 4 is 17.3 Å². The first kappa shape index (κ1) is 12.6. The molecule has 2 aromatic heterocycles. The number of hydrogen-bond acceptors (Lipinski definition) is 5. The molecule has 96 valence electrons. The molecule has 5 nitrogen and oxygen atoms in total. The normalized spacial score (nSPS) is 10.6. The number of aryl methyl sites for hydroxylation is 2. The lowest BCUT2D eigenvalue weighted by molar-refractivity contribution is 0.0697. The number of carboxylic acids is 1. The number of aromatic nitrogens is 1. The van der Waals surface area contributed by atoms with Crippen LogP contribution in [0.4, 0.5) is 0 Å². The van der Waals surface area contributed by atoms with Gasteiger partial charge in [0.05, 0.1) is 0 Å². The Hall–Kier alpha value is -1.82. The third-order valence-electron chi connectivity index (χ3n) is 2.34. The summed E-state index contributed by atoms with van der Waals surface area (Å²) in [5, 5.41) is 12.9. The van der Waals surface area contributed by atoms with Gasteiger partial charge in [0.1, 0.15) is 23.8 Å². The van der Waals surface area contributed by atoms with Crippen LogP contribution in [0.5, 0.6) is 5.75 Å². The van der Waals surface area contributed by atoms with Gasteiger partial charge >= 0.3 is 5.97 Å². The molecular weight excluding hydrogens is 254 g/mol. The second-order valence-corrected chi connectivity index (χ2v) is 4.92. The van der Waals surface area contributed by atoms with Crippen molar-refractivity contribution in [3.05, 3.63) is 33.3 Å². The summed E-state index contributed by atoms with van der Waals surface area (Å²) in [7, 11) is 0. The maximum absolute atomic E-state index is 11.1. The van der Waals surface area contributed by atoms with E-state index in [0.29, 0.717) is 17.2 Å². The molecule has 0 radical (unpaired) electrons. The number of carboxylic acid groups (broad SMARTS) is 1. The number of thiophene rings is 1. The van der Waals surface area contributed by atoms with Gasteiger partial charge in [-0.05, 0) is 19.4 Å². The first-order valence-corrected chi connectivity index (χ1v) is 6.32. The molecule has 0 aliphatic rings. The Labute approximate surface area is 108 Å². The van der Waals surface area contributed by atoms with Crippen LogP contribution in [0.25, 0.3) is 0 Å². The van der Waals surface area contributed by atoms with Crippen molar-refractivity contribution in [1.82, 2.24) is 5.16 Å². The Morgan fingerprint density at radius 2 is 2.33 bits per heavy atom. The van der Waals surface area contributed by atoms with Crippen molar-refractivity contribution in [2.45, 2.75) is 26.9 Å². The lowest BCUT2D eigenvalue weighted by Gasteiger charge is -2.01. The predicted molar refractivity (Wildman–Crippen MR) is 66.2 cm³/mol. The van der Waals surface area contributed by atoms with E-state index in [1.807, 2.05) is 6.92 Å². The van der Waals surface area contributed by atoms with E-state index in [1.165, 1.54) is 11.3 Å². The lowest BCUT2D eigenvalue weighted by atomic mass is 10.3. The molecule has 0 amide bonds. The Bertz CT molecular complexity index is 558. The minimum Gasteiger partial charge on any atom is -0.485 e. The summed E-state index contributed by atoms with van der Waals surface area (Å²) < 4.78 is 10.4. The summed E-state index contributed by atoms with van der Waals surface area (Å²) >= 11 is 1.24. The fourth-order valence-corrected chi connectivity index (χ4v) is 2.37.